The highest BCUT2D eigenvalue weighted by atomic mass is 32.1. The number of benzene rings is 1. The Labute approximate surface area is 158 Å². The second kappa shape index (κ2) is 7.83. The molecule has 0 atom stereocenters. The van der Waals surface area contributed by atoms with Gasteiger partial charge < -0.3 is 4.90 Å². The van der Waals surface area contributed by atoms with Gasteiger partial charge in [0.25, 0.3) is 5.91 Å². The first kappa shape index (κ1) is 18.3. The first-order valence-electron chi connectivity index (χ1n) is 8.82. The smallest absolute Gasteiger partial charge is 0.272 e. The number of rotatable bonds is 6. The molecule has 0 unspecified atom stereocenters. The topological polar surface area (TPSA) is 51.0 Å². The van der Waals surface area contributed by atoms with Crippen LogP contribution in [0, 0.1) is 0 Å². The molecule has 2 aromatic heterocycles. The second-order valence-corrected chi connectivity index (χ2v) is 7.52. The molecule has 0 spiro atoms. The number of carbonyl (C=O) groups is 1. The molecule has 3 rings (SSSR count). The lowest BCUT2D eigenvalue weighted by Crippen LogP contribution is -2.28. The Morgan fingerprint density at radius 1 is 1.27 bits per heavy atom. The van der Waals surface area contributed by atoms with E-state index in [4.69, 9.17) is 0 Å². The van der Waals surface area contributed by atoms with E-state index in [0.29, 0.717) is 24.7 Å². The van der Waals surface area contributed by atoms with E-state index in [1.54, 1.807) is 20.9 Å². The van der Waals surface area contributed by atoms with E-state index in [-0.39, 0.29) is 5.91 Å². The lowest BCUT2D eigenvalue weighted by Gasteiger charge is -2.16. The van der Waals surface area contributed by atoms with E-state index in [2.05, 4.69) is 23.9 Å². The summed E-state index contributed by atoms with van der Waals surface area (Å²) in [6, 6.07) is 12.0. The SMILES string of the molecule is CCn1nc(C(C)C)cc1C(=O)N(C)Cc1nc(-c2ccccc2)cs1. The molecule has 136 valence electrons. The van der Waals surface area contributed by atoms with E-state index >= 15 is 0 Å². The molecule has 0 N–H and O–H groups in total. The molecule has 0 bridgehead atoms. The molecular formula is C20H24N4OS. The summed E-state index contributed by atoms with van der Waals surface area (Å²) in [5.41, 5.74) is 3.63. The van der Waals surface area contributed by atoms with Gasteiger partial charge in [-0.25, -0.2) is 4.98 Å². The van der Waals surface area contributed by atoms with E-state index < -0.39 is 0 Å². The minimum absolute atomic E-state index is 0.0253. The van der Waals surface area contributed by atoms with Crippen LogP contribution >= 0.6 is 11.3 Å². The molecule has 6 heteroatoms. The summed E-state index contributed by atoms with van der Waals surface area (Å²) in [7, 11) is 1.81. The number of aromatic nitrogens is 3. The van der Waals surface area contributed by atoms with Crippen molar-refractivity contribution < 1.29 is 4.79 Å². The van der Waals surface area contributed by atoms with Crippen molar-refractivity contribution in [3.05, 3.63) is 58.2 Å². The second-order valence-electron chi connectivity index (χ2n) is 6.58. The molecule has 3 aromatic rings. The molecule has 0 saturated carbocycles. The Balaban J connectivity index is 1.75. The molecule has 0 aliphatic heterocycles. The molecule has 0 aliphatic carbocycles. The summed E-state index contributed by atoms with van der Waals surface area (Å²) in [5.74, 6) is 0.273. The van der Waals surface area contributed by atoms with E-state index in [1.165, 1.54) is 0 Å². The maximum Gasteiger partial charge on any atom is 0.272 e. The number of carbonyl (C=O) groups excluding carboxylic acids is 1. The third kappa shape index (κ3) is 3.85. The number of hydrogen-bond acceptors (Lipinski definition) is 4. The highest BCUT2D eigenvalue weighted by molar-refractivity contribution is 7.09. The third-order valence-corrected chi connectivity index (χ3v) is 5.08. The van der Waals surface area contributed by atoms with Crippen LogP contribution < -0.4 is 0 Å². The monoisotopic (exact) mass is 368 g/mol. The molecule has 0 aliphatic rings. The number of aryl methyl sites for hydroxylation is 1. The van der Waals surface area contributed by atoms with Crippen LogP contribution in [-0.2, 0) is 13.1 Å². The molecule has 1 aromatic carbocycles. The van der Waals surface area contributed by atoms with Crippen LogP contribution in [0.15, 0.2) is 41.8 Å². The van der Waals surface area contributed by atoms with Crippen molar-refractivity contribution >= 4 is 17.2 Å². The van der Waals surface area contributed by atoms with Gasteiger partial charge in [-0.2, -0.15) is 5.10 Å². The van der Waals surface area contributed by atoms with Crippen LogP contribution in [-0.4, -0.2) is 32.6 Å². The minimum Gasteiger partial charge on any atom is -0.334 e. The fourth-order valence-corrected chi connectivity index (χ4v) is 3.58. The van der Waals surface area contributed by atoms with E-state index in [9.17, 15) is 4.79 Å². The molecule has 0 fully saturated rings. The summed E-state index contributed by atoms with van der Waals surface area (Å²) in [5, 5.41) is 7.50. The summed E-state index contributed by atoms with van der Waals surface area (Å²) in [6.07, 6.45) is 0. The summed E-state index contributed by atoms with van der Waals surface area (Å²) < 4.78 is 1.78. The maximum atomic E-state index is 12.9. The number of hydrogen-bond donors (Lipinski definition) is 0. The predicted octanol–water partition coefficient (Wildman–Crippen LogP) is 4.42. The largest absolute Gasteiger partial charge is 0.334 e. The van der Waals surface area contributed by atoms with Gasteiger partial charge in [0.05, 0.1) is 17.9 Å². The van der Waals surface area contributed by atoms with E-state index in [1.807, 2.05) is 55.7 Å². The van der Waals surface area contributed by atoms with E-state index in [0.717, 1.165) is 22.0 Å². The van der Waals surface area contributed by atoms with Crippen LogP contribution in [0.5, 0.6) is 0 Å². The Morgan fingerprint density at radius 2 is 2.00 bits per heavy atom. The van der Waals surface area contributed by atoms with Gasteiger partial charge >= 0.3 is 0 Å². The van der Waals surface area contributed by atoms with Gasteiger partial charge in [-0.1, -0.05) is 44.2 Å². The van der Waals surface area contributed by atoms with Crippen LogP contribution in [0.2, 0.25) is 0 Å². The summed E-state index contributed by atoms with van der Waals surface area (Å²) in [4.78, 5) is 19.3. The minimum atomic E-state index is -0.0253. The average Bonchev–Trinajstić information content (AvgIpc) is 3.28. The van der Waals surface area contributed by atoms with Gasteiger partial charge in [-0.05, 0) is 18.9 Å². The highest BCUT2D eigenvalue weighted by Gasteiger charge is 2.20. The van der Waals surface area contributed by atoms with Crippen molar-refractivity contribution in [2.24, 2.45) is 0 Å². The van der Waals surface area contributed by atoms with Crippen molar-refractivity contribution in [1.29, 1.82) is 0 Å². The molecule has 2 heterocycles. The fourth-order valence-electron chi connectivity index (χ4n) is 2.73. The molecule has 0 radical (unpaired) electrons. The molecule has 26 heavy (non-hydrogen) atoms. The quantitative estimate of drug-likeness (QED) is 0.647. The highest BCUT2D eigenvalue weighted by Crippen LogP contribution is 2.23. The van der Waals surface area contributed by atoms with Gasteiger partial charge in [0, 0.05) is 24.5 Å². The molecule has 0 saturated heterocycles. The van der Waals surface area contributed by atoms with Crippen LogP contribution in [0.4, 0.5) is 0 Å². The zero-order valence-corrected chi connectivity index (χ0v) is 16.5. The number of nitrogens with zero attached hydrogens (tertiary/aromatic N) is 4. The van der Waals surface area contributed by atoms with Crippen LogP contribution in [0.1, 0.15) is 47.9 Å². The first-order chi connectivity index (χ1) is 12.5. The Hall–Kier alpha value is -2.47. The average molecular weight is 369 g/mol. The van der Waals surface area contributed by atoms with Crippen molar-refractivity contribution in [2.45, 2.75) is 39.8 Å². The van der Waals surface area contributed by atoms with Crippen molar-refractivity contribution in [3.63, 3.8) is 0 Å². The molecule has 5 nitrogen and oxygen atoms in total. The van der Waals surface area contributed by atoms with Crippen LogP contribution in [0.3, 0.4) is 0 Å². The van der Waals surface area contributed by atoms with Gasteiger partial charge in [0.1, 0.15) is 10.7 Å². The van der Waals surface area contributed by atoms with Gasteiger partial charge in [0.15, 0.2) is 0 Å². The predicted molar refractivity (Wildman–Crippen MR) is 105 cm³/mol. The first-order valence-corrected chi connectivity index (χ1v) is 9.70. The van der Waals surface area contributed by atoms with Crippen molar-refractivity contribution in [3.8, 4) is 11.3 Å². The lowest BCUT2D eigenvalue weighted by molar-refractivity contribution is 0.0772. The summed E-state index contributed by atoms with van der Waals surface area (Å²) >= 11 is 1.58. The van der Waals surface area contributed by atoms with Crippen molar-refractivity contribution in [2.75, 3.05) is 7.05 Å². The van der Waals surface area contributed by atoms with Gasteiger partial charge in [-0.15, -0.1) is 11.3 Å². The summed E-state index contributed by atoms with van der Waals surface area (Å²) in [6.45, 7) is 7.34. The Morgan fingerprint density at radius 3 is 2.65 bits per heavy atom. The lowest BCUT2D eigenvalue weighted by atomic mass is 10.1. The fraction of sp³-hybridized carbons (Fsp3) is 0.350. The van der Waals surface area contributed by atoms with Crippen molar-refractivity contribution in [1.82, 2.24) is 19.7 Å². The standard InChI is InChI=1S/C20H24N4OS/c1-5-24-18(11-16(22-24)14(2)3)20(25)23(4)12-19-21-17(13-26-19)15-9-7-6-8-10-15/h6-11,13-14H,5,12H2,1-4H3. The number of thiazole rings is 1. The zero-order valence-electron chi connectivity index (χ0n) is 15.6. The Kier molecular flexibility index (Phi) is 5.52. The Bertz CT molecular complexity index is 882. The maximum absolute atomic E-state index is 12.9. The van der Waals surface area contributed by atoms with Crippen LogP contribution in [0.25, 0.3) is 11.3 Å². The van der Waals surface area contributed by atoms with Gasteiger partial charge in [-0.3, -0.25) is 9.48 Å². The molecule has 1 amide bonds. The molecular weight excluding hydrogens is 344 g/mol. The zero-order chi connectivity index (χ0) is 18.7. The normalized spacial score (nSPS) is 11.1. The number of amides is 1. The third-order valence-electron chi connectivity index (χ3n) is 4.25. The van der Waals surface area contributed by atoms with Gasteiger partial charge in [0.2, 0.25) is 0 Å².